The van der Waals surface area contributed by atoms with Crippen LogP contribution in [-0.4, -0.2) is 6.04 Å². The Morgan fingerprint density at radius 1 is 0.476 bits per heavy atom. The maximum Gasteiger partial charge on any atom is 0.0626 e. The van der Waals surface area contributed by atoms with E-state index in [0.717, 1.165) is 12.1 Å². The molecule has 8 rings (SSSR count). The first-order valence-corrected chi connectivity index (χ1v) is 14.6. The molecule has 3 aliphatic rings. The van der Waals surface area contributed by atoms with Gasteiger partial charge in [-0.1, -0.05) is 121 Å². The van der Waals surface area contributed by atoms with Gasteiger partial charge in [-0.3, -0.25) is 0 Å². The van der Waals surface area contributed by atoms with Gasteiger partial charge in [-0.05, 0) is 82.3 Å². The van der Waals surface area contributed by atoms with E-state index in [2.05, 4.69) is 174 Å². The lowest BCUT2D eigenvalue weighted by Gasteiger charge is -2.35. The molecule has 5 aromatic carbocycles. The van der Waals surface area contributed by atoms with E-state index in [1.807, 2.05) is 0 Å². The Morgan fingerprint density at radius 2 is 0.976 bits per heavy atom. The molecule has 1 unspecified atom stereocenters. The Bertz CT molecular complexity index is 1860. The third-order valence-corrected chi connectivity index (χ3v) is 8.53. The van der Waals surface area contributed by atoms with Gasteiger partial charge in [-0.15, -0.1) is 0 Å². The molecule has 2 heterocycles. The number of hydrogen-bond donors (Lipinski definition) is 0. The van der Waals surface area contributed by atoms with Crippen molar-refractivity contribution in [3.8, 4) is 11.1 Å². The Balaban J connectivity index is 1.13. The largest absolute Gasteiger partial charge is 0.333 e. The summed E-state index contributed by atoms with van der Waals surface area (Å²) in [4.78, 5) is 4.87. The van der Waals surface area contributed by atoms with E-state index in [-0.39, 0.29) is 6.04 Å². The number of rotatable bonds is 3. The highest BCUT2D eigenvalue weighted by Crippen LogP contribution is 2.43. The summed E-state index contributed by atoms with van der Waals surface area (Å²) >= 11 is 0. The molecule has 200 valence electrons. The van der Waals surface area contributed by atoms with Gasteiger partial charge in [0.25, 0.3) is 0 Å². The van der Waals surface area contributed by atoms with Gasteiger partial charge in [0.15, 0.2) is 0 Å². The molecule has 1 atom stereocenters. The van der Waals surface area contributed by atoms with Gasteiger partial charge in [0.05, 0.1) is 17.4 Å². The number of anilines is 5. The topological polar surface area (TPSA) is 6.48 Å². The van der Waals surface area contributed by atoms with E-state index in [1.54, 1.807) is 0 Å². The second-order valence-electron chi connectivity index (χ2n) is 11.0. The standard InChI is InChI=1S/C40H30N2/c1-5-13-37-31(9-1)17-18-32-10-2-6-14-38(32)41(37)35-25-21-29(22-26-35)30-23-27-36(28-24-30)42-39-15-7-3-11-33(39)19-20-34-12-4-8-16-40(34)42/h1-15,17-28,40H,16H2. The van der Waals surface area contributed by atoms with Crippen LogP contribution in [0.3, 0.4) is 0 Å². The number of nitrogens with zero attached hydrogens (tertiary/aromatic N) is 2. The van der Waals surface area contributed by atoms with Crippen LogP contribution in [0.1, 0.15) is 23.1 Å². The Kier molecular flexibility index (Phi) is 5.97. The molecule has 0 bridgehead atoms. The summed E-state index contributed by atoms with van der Waals surface area (Å²) in [6.45, 7) is 0. The maximum atomic E-state index is 2.50. The molecule has 0 aromatic heterocycles. The SMILES string of the molecule is C1=CCC2C(=C1)C=Cc1ccccc1N2c1ccc(-c2ccc(N3c4ccccc4C=Cc4ccccc43)cc2)cc1. The molecule has 2 nitrogen and oxygen atoms in total. The smallest absolute Gasteiger partial charge is 0.0626 e. The van der Waals surface area contributed by atoms with Gasteiger partial charge in [0, 0.05) is 17.1 Å². The summed E-state index contributed by atoms with van der Waals surface area (Å²) in [5, 5.41) is 0. The number of para-hydroxylation sites is 3. The highest BCUT2D eigenvalue weighted by Gasteiger charge is 2.27. The van der Waals surface area contributed by atoms with Crippen LogP contribution in [0.4, 0.5) is 28.4 Å². The first-order valence-electron chi connectivity index (χ1n) is 14.6. The van der Waals surface area contributed by atoms with Crippen molar-refractivity contribution < 1.29 is 0 Å². The number of fused-ring (bicyclic) bond motifs is 4. The van der Waals surface area contributed by atoms with Crippen molar-refractivity contribution in [2.24, 2.45) is 0 Å². The fraction of sp³-hybridized carbons (Fsp3) is 0.0500. The molecule has 42 heavy (non-hydrogen) atoms. The van der Waals surface area contributed by atoms with E-state index >= 15 is 0 Å². The summed E-state index contributed by atoms with van der Waals surface area (Å²) in [6, 6.07) is 44.2. The van der Waals surface area contributed by atoms with Crippen LogP contribution in [0.5, 0.6) is 0 Å². The molecular formula is C40H30N2. The summed E-state index contributed by atoms with van der Waals surface area (Å²) in [7, 11) is 0. The van der Waals surface area contributed by atoms with E-state index < -0.39 is 0 Å². The highest BCUT2D eigenvalue weighted by molar-refractivity contribution is 5.93. The third-order valence-electron chi connectivity index (χ3n) is 8.53. The molecule has 0 fully saturated rings. The minimum absolute atomic E-state index is 0.286. The van der Waals surface area contributed by atoms with Crippen molar-refractivity contribution in [3.63, 3.8) is 0 Å². The first kappa shape index (κ1) is 24.5. The molecule has 0 radical (unpaired) electrons. The Labute approximate surface area is 247 Å². The molecule has 2 aliphatic heterocycles. The summed E-state index contributed by atoms with van der Waals surface area (Å²) in [5.41, 5.74) is 13.4. The van der Waals surface area contributed by atoms with Gasteiger partial charge in [-0.25, -0.2) is 0 Å². The number of hydrogen-bond acceptors (Lipinski definition) is 2. The molecule has 5 aromatic rings. The van der Waals surface area contributed by atoms with Crippen LogP contribution in [0, 0.1) is 0 Å². The van der Waals surface area contributed by atoms with E-state index in [0.29, 0.717) is 0 Å². The molecule has 0 spiro atoms. The second kappa shape index (κ2) is 10.2. The summed E-state index contributed by atoms with van der Waals surface area (Å²) in [5.74, 6) is 0. The second-order valence-corrected chi connectivity index (χ2v) is 11.0. The number of benzene rings is 5. The van der Waals surface area contributed by atoms with Crippen LogP contribution in [0.15, 0.2) is 151 Å². The van der Waals surface area contributed by atoms with E-state index in [4.69, 9.17) is 0 Å². The first-order chi connectivity index (χ1) is 20.8. The molecule has 0 amide bonds. The maximum absolute atomic E-state index is 2.50. The molecule has 0 saturated carbocycles. The zero-order valence-electron chi connectivity index (χ0n) is 23.3. The minimum atomic E-state index is 0.286. The fourth-order valence-corrected chi connectivity index (χ4v) is 6.44. The van der Waals surface area contributed by atoms with Gasteiger partial charge < -0.3 is 9.80 Å². The lowest BCUT2D eigenvalue weighted by Crippen LogP contribution is -2.32. The van der Waals surface area contributed by atoms with Crippen molar-refractivity contribution in [3.05, 3.63) is 168 Å². The van der Waals surface area contributed by atoms with Crippen molar-refractivity contribution in [1.82, 2.24) is 0 Å². The van der Waals surface area contributed by atoms with Crippen molar-refractivity contribution in [1.29, 1.82) is 0 Å². The van der Waals surface area contributed by atoms with Crippen molar-refractivity contribution in [2.45, 2.75) is 12.5 Å². The normalized spacial score (nSPS) is 16.5. The lowest BCUT2D eigenvalue weighted by molar-refractivity contribution is 0.760. The third kappa shape index (κ3) is 4.20. The van der Waals surface area contributed by atoms with Crippen LogP contribution < -0.4 is 9.80 Å². The van der Waals surface area contributed by atoms with Gasteiger partial charge in [0.1, 0.15) is 0 Å². The molecular weight excluding hydrogens is 508 g/mol. The monoisotopic (exact) mass is 538 g/mol. The average Bonchev–Trinajstić information content (AvgIpc) is 3.33. The summed E-state index contributed by atoms with van der Waals surface area (Å²) < 4.78 is 0. The molecule has 2 heteroatoms. The van der Waals surface area contributed by atoms with Crippen LogP contribution in [0.25, 0.3) is 29.4 Å². The van der Waals surface area contributed by atoms with Crippen LogP contribution >= 0.6 is 0 Å². The van der Waals surface area contributed by atoms with E-state index in [9.17, 15) is 0 Å². The Hall–Kier alpha value is -5.34. The van der Waals surface area contributed by atoms with Crippen molar-refractivity contribution in [2.75, 3.05) is 9.80 Å². The lowest BCUT2D eigenvalue weighted by atomic mass is 9.96. The van der Waals surface area contributed by atoms with Crippen LogP contribution in [0.2, 0.25) is 0 Å². The Morgan fingerprint density at radius 3 is 1.60 bits per heavy atom. The van der Waals surface area contributed by atoms with Crippen LogP contribution in [-0.2, 0) is 0 Å². The minimum Gasteiger partial charge on any atom is -0.333 e. The number of allylic oxidation sites excluding steroid dienone is 2. The van der Waals surface area contributed by atoms with Crippen molar-refractivity contribution >= 4 is 46.7 Å². The van der Waals surface area contributed by atoms with Gasteiger partial charge in [0.2, 0.25) is 0 Å². The van der Waals surface area contributed by atoms with Gasteiger partial charge >= 0.3 is 0 Å². The zero-order chi connectivity index (χ0) is 27.9. The van der Waals surface area contributed by atoms with Gasteiger partial charge in [-0.2, -0.15) is 0 Å². The average molecular weight is 539 g/mol. The highest BCUT2D eigenvalue weighted by atomic mass is 15.2. The summed E-state index contributed by atoms with van der Waals surface area (Å²) in [6.07, 6.45) is 16.6. The molecule has 1 aliphatic carbocycles. The van der Waals surface area contributed by atoms with E-state index in [1.165, 1.54) is 56.1 Å². The zero-order valence-corrected chi connectivity index (χ0v) is 23.3. The predicted molar refractivity (Wildman–Crippen MR) is 179 cm³/mol. The quantitative estimate of drug-likeness (QED) is 0.221. The molecule has 0 saturated heterocycles. The predicted octanol–water partition coefficient (Wildman–Crippen LogP) is 10.7. The molecule has 0 N–H and O–H groups in total. The fourth-order valence-electron chi connectivity index (χ4n) is 6.44.